The van der Waals surface area contributed by atoms with Gasteiger partial charge in [-0.15, -0.1) is 0 Å². The molecule has 96 valence electrons. The molecule has 1 aromatic rings. The van der Waals surface area contributed by atoms with Crippen LogP contribution in [0, 0.1) is 17.2 Å². The molecule has 1 aliphatic heterocycles. The summed E-state index contributed by atoms with van der Waals surface area (Å²) in [5.41, 5.74) is 0.993. The number of nitrogens with one attached hydrogen (secondary N) is 2. The van der Waals surface area contributed by atoms with E-state index in [9.17, 15) is 14.4 Å². The Morgan fingerprint density at radius 3 is 2.58 bits per heavy atom. The number of carbonyl (C=O) groups is 3. The molecule has 6 nitrogen and oxygen atoms in total. The van der Waals surface area contributed by atoms with Crippen LogP contribution in [-0.4, -0.2) is 17.7 Å². The average Bonchev–Trinajstić information content (AvgIpc) is 2.39. The Bertz CT molecular complexity index is 572. The largest absolute Gasteiger partial charge is 0.325 e. The Morgan fingerprint density at radius 1 is 1.32 bits per heavy atom. The van der Waals surface area contributed by atoms with Crippen LogP contribution >= 0.6 is 0 Å². The van der Waals surface area contributed by atoms with Crippen LogP contribution in [0.3, 0.4) is 0 Å². The standard InChI is InChI=1S/C13H11N3O3/c14-7-8-1-3-9(4-2-8)15-12(18)10-5-6-11(17)16-13(10)19/h1-4,10H,5-6H2,(H,15,18)(H,16,17,19). The van der Waals surface area contributed by atoms with Gasteiger partial charge < -0.3 is 5.32 Å². The van der Waals surface area contributed by atoms with Crippen LogP contribution in [0.25, 0.3) is 0 Å². The van der Waals surface area contributed by atoms with E-state index in [1.54, 1.807) is 24.3 Å². The van der Waals surface area contributed by atoms with E-state index in [1.807, 2.05) is 6.07 Å². The second-order valence-electron chi connectivity index (χ2n) is 4.18. The minimum atomic E-state index is -0.853. The van der Waals surface area contributed by atoms with Gasteiger partial charge in [0, 0.05) is 12.1 Å². The van der Waals surface area contributed by atoms with E-state index in [0.717, 1.165) is 0 Å². The van der Waals surface area contributed by atoms with Crippen LogP contribution < -0.4 is 10.6 Å². The van der Waals surface area contributed by atoms with Crippen LogP contribution in [-0.2, 0) is 14.4 Å². The lowest BCUT2D eigenvalue weighted by atomic mass is 9.97. The third-order valence-corrected chi connectivity index (χ3v) is 2.84. The van der Waals surface area contributed by atoms with Gasteiger partial charge in [-0.05, 0) is 30.7 Å². The van der Waals surface area contributed by atoms with Gasteiger partial charge >= 0.3 is 0 Å². The molecule has 1 fully saturated rings. The van der Waals surface area contributed by atoms with Crippen molar-refractivity contribution in [2.75, 3.05) is 5.32 Å². The van der Waals surface area contributed by atoms with Gasteiger partial charge in [0.1, 0.15) is 5.92 Å². The van der Waals surface area contributed by atoms with E-state index < -0.39 is 17.7 Å². The first kappa shape index (κ1) is 12.8. The summed E-state index contributed by atoms with van der Waals surface area (Å²) in [6.45, 7) is 0. The zero-order valence-electron chi connectivity index (χ0n) is 9.97. The lowest BCUT2D eigenvalue weighted by Gasteiger charge is -2.20. The van der Waals surface area contributed by atoms with Crippen molar-refractivity contribution >= 4 is 23.4 Å². The van der Waals surface area contributed by atoms with E-state index in [1.165, 1.54) is 0 Å². The second kappa shape index (κ2) is 5.31. The number of hydrogen-bond acceptors (Lipinski definition) is 4. The Hall–Kier alpha value is -2.68. The average molecular weight is 257 g/mol. The molecular formula is C13H11N3O3. The number of nitriles is 1. The lowest BCUT2D eigenvalue weighted by Crippen LogP contribution is -2.45. The van der Waals surface area contributed by atoms with Crippen molar-refractivity contribution in [2.24, 2.45) is 5.92 Å². The minimum Gasteiger partial charge on any atom is -0.325 e. The van der Waals surface area contributed by atoms with Crippen molar-refractivity contribution in [1.29, 1.82) is 5.26 Å². The normalized spacial score (nSPS) is 18.4. The molecule has 19 heavy (non-hydrogen) atoms. The molecule has 0 aromatic heterocycles. The molecule has 1 aliphatic rings. The smallest absolute Gasteiger partial charge is 0.239 e. The third kappa shape index (κ3) is 2.96. The van der Waals surface area contributed by atoms with Gasteiger partial charge in [0.25, 0.3) is 0 Å². The van der Waals surface area contributed by atoms with Crippen molar-refractivity contribution in [1.82, 2.24) is 5.32 Å². The predicted molar refractivity (Wildman–Crippen MR) is 65.7 cm³/mol. The van der Waals surface area contributed by atoms with Gasteiger partial charge in [-0.2, -0.15) is 5.26 Å². The monoisotopic (exact) mass is 257 g/mol. The second-order valence-corrected chi connectivity index (χ2v) is 4.18. The molecule has 2 N–H and O–H groups in total. The molecular weight excluding hydrogens is 246 g/mol. The maximum absolute atomic E-state index is 11.9. The fourth-order valence-electron chi connectivity index (χ4n) is 1.80. The summed E-state index contributed by atoms with van der Waals surface area (Å²) >= 11 is 0. The van der Waals surface area contributed by atoms with Crippen LogP contribution in [0.4, 0.5) is 5.69 Å². The van der Waals surface area contributed by atoms with Crippen LogP contribution in [0.5, 0.6) is 0 Å². The van der Waals surface area contributed by atoms with Crippen molar-refractivity contribution < 1.29 is 14.4 Å². The van der Waals surface area contributed by atoms with E-state index in [4.69, 9.17) is 5.26 Å². The van der Waals surface area contributed by atoms with Crippen LogP contribution in [0.2, 0.25) is 0 Å². The maximum Gasteiger partial charge on any atom is 0.239 e. The summed E-state index contributed by atoms with van der Waals surface area (Å²) in [4.78, 5) is 34.4. The molecule has 0 aliphatic carbocycles. The van der Waals surface area contributed by atoms with Gasteiger partial charge in [0.15, 0.2) is 0 Å². The molecule has 0 radical (unpaired) electrons. The Kier molecular flexibility index (Phi) is 3.57. The van der Waals surface area contributed by atoms with Crippen LogP contribution in [0.1, 0.15) is 18.4 Å². The number of hydrogen-bond donors (Lipinski definition) is 2. The number of carbonyl (C=O) groups excluding carboxylic acids is 3. The van der Waals surface area contributed by atoms with Gasteiger partial charge in [-0.1, -0.05) is 0 Å². The highest BCUT2D eigenvalue weighted by Crippen LogP contribution is 2.16. The number of imide groups is 1. The molecule has 1 aromatic carbocycles. The maximum atomic E-state index is 11.9. The molecule has 1 atom stereocenters. The molecule has 0 saturated carbocycles. The molecule has 3 amide bonds. The van der Waals surface area contributed by atoms with Gasteiger partial charge in [-0.3, -0.25) is 19.7 Å². The molecule has 1 unspecified atom stereocenters. The summed E-state index contributed by atoms with van der Waals surface area (Å²) in [6, 6.07) is 8.28. The Balaban J connectivity index is 2.02. The van der Waals surface area contributed by atoms with Crippen LogP contribution in [0.15, 0.2) is 24.3 Å². The number of benzene rings is 1. The number of nitrogens with zero attached hydrogens (tertiary/aromatic N) is 1. The summed E-state index contributed by atoms with van der Waals surface area (Å²) in [5.74, 6) is -2.22. The first-order valence-electron chi connectivity index (χ1n) is 5.75. The number of anilines is 1. The Morgan fingerprint density at radius 2 is 2.00 bits per heavy atom. The minimum absolute atomic E-state index is 0.164. The van der Waals surface area contributed by atoms with Crippen molar-refractivity contribution in [2.45, 2.75) is 12.8 Å². The SMILES string of the molecule is N#Cc1ccc(NC(=O)C2CCC(=O)NC2=O)cc1. The van der Waals surface area contributed by atoms with Gasteiger partial charge in [0.05, 0.1) is 11.6 Å². The van der Waals surface area contributed by atoms with Crippen molar-refractivity contribution in [3.63, 3.8) is 0 Å². The van der Waals surface area contributed by atoms with Gasteiger partial charge in [-0.25, -0.2) is 0 Å². The fraction of sp³-hybridized carbons (Fsp3) is 0.231. The highest BCUT2D eigenvalue weighted by Gasteiger charge is 2.32. The number of amides is 3. The summed E-state index contributed by atoms with van der Waals surface area (Å²) < 4.78 is 0. The van der Waals surface area contributed by atoms with E-state index in [0.29, 0.717) is 11.3 Å². The molecule has 1 heterocycles. The topological polar surface area (TPSA) is 99.1 Å². The van der Waals surface area contributed by atoms with Gasteiger partial charge in [0.2, 0.25) is 17.7 Å². The molecule has 2 rings (SSSR count). The van der Waals surface area contributed by atoms with Crippen molar-refractivity contribution in [3.05, 3.63) is 29.8 Å². The molecule has 6 heteroatoms. The molecule has 1 saturated heterocycles. The summed E-state index contributed by atoms with van der Waals surface area (Å²) in [5, 5.41) is 13.4. The summed E-state index contributed by atoms with van der Waals surface area (Å²) in [7, 11) is 0. The third-order valence-electron chi connectivity index (χ3n) is 2.84. The first-order valence-corrected chi connectivity index (χ1v) is 5.75. The predicted octanol–water partition coefficient (Wildman–Crippen LogP) is 0.550. The molecule has 0 bridgehead atoms. The fourth-order valence-corrected chi connectivity index (χ4v) is 1.80. The highest BCUT2D eigenvalue weighted by atomic mass is 16.2. The van der Waals surface area contributed by atoms with E-state index in [2.05, 4.69) is 10.6 Å². The summed E-state index contributed by atoms with van der Waals surface area (Å²) in [6.07, 6.45) is 0.379. The lowest BCUT2D eigenvalue weighted by molar-refractivity contribution is -0.139. The zero-order chi connectivity index (χ0) is 13.8. The zero-order valence-corrected chi connectivity index (χ0v) is 9.97. The van der Waals surface area contributed by atoms with E-state index in [-0.39, 0.29) is 18.7 Å². The quantitative estimate of drug-likeness (QED) is 0.597. The number of piperidine rings is 1. The first-order chi connectivity index (χ1) is 9.10. The highest BCUT2D eigenvalue weighted by molar-refractivity contribution is 6.12. The Labute approximate surface area is 109 Å². The van der Waals surface area contributed by atoms with E-state index >= 15 is 0 Å². The van der Waals surface area contributed by atoms with Crippen molar-refractivity contribution in [3.8, 4) is 6.07 Å². The molecule has 0 spiro atoms. The number of rotatable bonds is 2.